The summed E-state index contributed by atoms with van der Waals surface area (Å²) in [6.45, 7) is 4.49. The monoisotopic (exact) mass is 478 g/mol. The summed E-state index contributed by atoms with van der Waals surface area (Å²) in [4.78, 5) is 39.5. The van der Waals surface area contributed by atoms with Gasteiger partial charge in [-0.15, -0.1) is 0 Å². The van der Waals surface area contributed by atoms with Gasteiger partial charge in [0.25, 0.3) is 0 Å². The fourth-order valence-electron chi connectivity index (χ4n) is 5.57. The van der Waals surface area contributed by atoms with E-state index >= 15 is 0 Å². The second kappa shape index (κ2) is 10.9. The SMILES string of the molecule is CCCC[C@H](NC(=O)OCC1c2ccccc2-c2ccccc21)C(=O)N1CCC(C(=O)O)C1CC. The standard InChI is InChI=1S/C28H34N2O5/c1-3-5-14-24(26(31)30-16-15-22(27(32)33)25(30)4-2)29-28(34)35-17-23-20-12-8-6-10-18(20)19-11-7-9-13-21(19)23/h6-13,22-25H,3-5,14-17H2,1-2H3,(H,29,34)(H,32,33)/t22?,24-,25?/m0/s1. The average Bonchev–Trinajstić information content (AvgIpc) is 3.44. The molecule has 0 bridgehead atoms. The van der Waals surface area contributed by atoms with E-state index in [1.807, 2.05) is 38.1 Å². The van der Waals surface area contributed by atoms with E-state index in [2.05, 4.69) is 29.6 Å². The first-order chi connectivity index (χ1) is 17.0. The number of rotatable bonds is 9. The third-order valence-electron chi connectivity index (χ3n) is 7.34. The zero-order valence-corrected chi connectivity index (χ0v) is 20.4. The van der Waals surface area contributed by atoms with Crippen LogP contribution in [0, 0.1) is 5.92 Å². The van der Waals surface area contributed by atoms with Gasteiger partial charge < -0.3 is 20.1 Å². The molecule has 1 saturated heterocycles. The molecule has 2 aliphatic rings. The van der Waals surface area contributed by atoms with E-state index in [0.717, 1.165) is 35.1 Å². The Morgan fingerprint density at radius 2 is 1.69 bits per heavy atom. The lowest BCUT2D eigenvalue weighted by Crippen LogP contribution is -2.51. The van der Waals surface area contributed by atoms with Crippen molar-refractivity contribution in [1.29, 1.82) is 0 Å². The van der Waals surface area contributed by atoms with Gasteiger partial charge in [0.1, 0.15) is 12.6 Å². The number of carbonyl (C=O) groups is 3. The van der Waals surface area contributed by atoms with Crippen LogP contribution in [0.25, 0.3) is 11.1 Å². The fraction of sp³-hybridized carbons (Fsp3) is 0.464. The summed E-state index contributed by atoms with van der Waals surface area (Å²) >= 11 is 0. The molecular formula is C28H34N2O5. The Balaban J connectivity index is 1.43. The molecule has 2 aromatic rings. The number of aliphatic carboxylic acids is 1. The Morgan fingerprint density at radius 3 is 2.26 bits per heavy atom. The maximum Gasteiger partial charge on any atom is 0.407 e. The zero-order chi connectivity index (χ0) is 24.9. The average molecular weight is 479 g/mol. The van der Waals surface area contributed by atoms with Crippen LogP contribution in [0.15, 0.2) is 48.5 Å². The van der Waals surface area contributed by atoms with Crippen LogP contribution in [-0.2, 0) is 14.3 Å². The number of nitrogens with zero attached hydrogens (tertiary/aromatic N) is 1. The van der Waals surface area contributed by atoms with Gasteiger partial charge in [0.05, 0.1) is 5.92 Å². The Hall–Kier alpha value is -3.35. The van der Waals surface area contributed by atoms with Crippen LogP contribution in [0.1, 0.15) is 63.0 Å². The number of likely N-dealkylation sites (tertiary alicyclic amines) is 1. The Kier molecular flexibility index (Phi) is 7.73. The van der Waals surface area contributed by atoms with E-state index in [9.17, 15) is 19.5 Å². The summed E-state index contributed by atoms with van der Waals surface area (Å²) in [5.41, 5.74) is 4.56. The predicted octanol–water partition coefficient (Wildman–Crippen LogP) is 4.80. The number of nitrogens with one attached hydrogen (secondary N) is 1. The second-order valence-electron chi connectivity index (χ2n) is 9.41. The van der Waals surface area contributed by atoms with Crippen molar-refractivity contribution in [1.82, 2.24) is 10.2 Å². The summed E-state index contributed by atoms with van der Waals surface area (Å²) in [6.07, 6.45) is 2.52. The molecule has 0 radical (unpaired) electrons. The van der Waals surface area contributed by atoms with Crippen molar-refractivity contribution in [3.63, 3.8) is 0 Å². The Bertz CT molecular complexity index is 1040. The minimum atomic E-state index is -0.873. The molecular weight excluding hydrogens is 444 g/mol. The molecule has 7 nitrogen and oxygen atoms in total. The lowest BCUT2D eigenvalue weighted by atomic mass is 9.98. The van der Waals surface area contributed by atoms with Gasteiger partial charge in [0, 0.05) is 18.5 Å². The highest BCUT2D eigenvalue weighted by molar-refractivity contribution is 5.87. The van der Waals surface area contributed by atoms with Gasteiger partial charge in [-0.05, 0) is 41.5 Å². The second-order valence-corrected chi connectivity index (χ2v) is 9.41. The van der Waals surface area contributed by atoms with E-state index in [-0.39, 0.29) is 24.5 Å². The first kappa shape index (κ1) is 24.8. The van der Waals surface area contributed by atoms with Gasteiger partial charge in [-0.25, -0.2) is 4.79 Å². The quantitative estimate of drug-likeness (QED) is 0.540. The van der Waals surface area contributed by atoms with Crippen molar-refractivity contribution in [3.8, 4) is 11.1 Å². The van der Waals surface area contributed by atoms with Crippen molar-refractivity contribution in [3.05, 3.63) is 59.7 Å². The normalized spacial score (nSPS) is 19.7. The van der Waals surface area contributed by atoms with Gasteiger partial charge in [0.2, 0.25) is 5.91 Å². The lowest BCUT2D eigenvalue weighted by Gasteiger charge is -2.30. The molecule has 2 amide bonds. The molecule has 2 aromatic carbocycles. The molecule has 0 aromatic heterocycles. The molecule has 0 spiro atoms. The first-order valence-electron chi connectivity index (χ1n) is 12.6. The van der Waals surface area contributed by atoms with Crippen LogP contribution in [0.3, 0.4) is 0 Å². The maximum atomic E-state index is 13.4. The fourth-order valence-corrected chi connectivity index (χ4v) is 5.57. The molecule has 1 aliphatic carbocycles. The van der Waals surface area contributed by atoms with E-state index in [1.165, 1.54) is 0 Å². The molecule has 2 unspecified atom stereocenters. The van der Waals surface area contributed by atoms with E-state index in [4.69, 9.17) is 4.74 Å². The molecule has 1 fully saturated rings. The van der Waals surface area contributed by atoms with Gasteiger partial charge in [-0.2, -0.15) is 0 Å². The number of alkyl carbamates (subject to hydrolysis) is 1. The predicted molar refractivity (Wildman–Crippen MR) is 133 cm³/mol. The summed E-state index contributed by atoms with van der Waals surface area (Å²) in [5, 5.41) is 12.3. The highest BCUT2D eigenvalue weighted by atomic mass is 16.5. The largest absolute Gasteiger partial charge is 0.481 e. The number of hydrogen-bond donors (Lipinski definition) is 2. The minimum Gasteiger partial charge on any atom is -0.481 e. The van der Waals surface area contributed by atoms with Crippen LogP contribution in [0.4, 0.5) is 4.79 Å². The Morgan fingerprint density at radius 1 is 1.06 bits per heavy atom. The number of carbonyl (C=O) groups excluding carboxylic acids is 2. The van der Waals surface area contributed by atoms with Crippen molar-refractivity contribution in [2.75, 3.05) is 13.2 Å². The summed E-state index contributed by atoms with van der Waals surface area (Å²) in [7, 11) is 0. The number of ether oxygens (including phenoxy) is 1. The number of unbranched alkanes of at least 4 members (excludes halogenated alkanes) is 1. The Labute approximate surface area is 206 Å². The first-order valence-corrected chi connectivity index (χ1v) is 12.6. The number of amides is 2. The van der Waals surface area contributed by atoms with Crippen LogP contribution in [0.5, 0.6) is 0 Å². The van der Waals surface area contributed by atoms with Gasteiger partial charge in [-0.1, -0.05) is 75.2 Å². The zero-order valence-electron chi connectivity index (χ0n) is 20.4. The molecule has 1 heterocycles. The molecule has 2 N–H and O–H groups in total. The highest BCUT2D eigenvalue weighted by Crippen LogP contribution is 2.44. The number of hydrogen-bond acceptors (Lipinski definition) is 4. The van der Waals surface area contributed by atoms with Crippen molar-refractivity contribution < 1.29 is 24.2 Å². The summed E-state index contributed by atoms with van der Waals surface area (Å²) < 4.78 is 5.66. The van der Waals surface area contributed by atoms with E-state index in [0.29, 0.717) is 25.8 Å². The number of fused-ring (bicyclic) bond motifs is 3. The third kappa shape index (κ3) is 5.04. The number of carboxylic acids is 1. The van der Waals surface area contributed by atoms with Crippen molar-refractivity contribution >= 4 is 18.0 Å². The smallest absolute Gasteiger partial charge is 0.407 e. The van der Waals surface area contributed by atoms with Gasteiger partial charge >= 0.3 is 12.1 Å². The summed E-state index contributed by atoms with van der Waals surface area (Å²) in [6, 6.07) is 15.2. The van der Waals surface area contributed by atoms with E-state index < -0.39 is 24.0 Å². The molecule has 35 heavy (non-hydrogen) atoms. The molecule has 186 valence electrons. The number of carboxylic acid groups (broad SMARTS) is 1. The van der Waals surface area contributed by atoms with Gasteiger partial charge in [0.15, 0.2) is 0 Å². The van der Waals surface area contributed by atoms with Crippen LogP contribution in [0.2, 0.25) is 0 Å². The van der Waals surface area contributed by atoms with Crippen molar-refractivity contribution in [2.45, 2.75) is 64.0 Å². The van der Waals surface area contributed by atoms with Crippen LogP contribution >= 0.6 is 0 Å². The molecule has 1 aliphatic heterocycles. The van der Waals surface area contributed by atoms with Crippen LogP contribution in [-0.4, -0.2) is 53.2 Å². The maximum absolute atomic E-state index is 13.4. The van der Waals surface area contributed by atoms with Crippen molar-refractivity contribution in [2.24, 2.45) is 5.92 Å². The molecule has 7 heteroatoms. The number of benzene rings is 2. The summed E-state index contributed by atoms with van der Waals surface area (Å²) in [5.74, 6) is -1.72. The van der Waals surface area contributed by atoms with Crippen LogP contribution < -0.4 is 5.32 Å². The highest BCUT2D eigenvalue weighted by Gasteiger charge is 2.42. The van der Waals surface area contributed by atoms with Gasteiger partial charge in [-0.3, -0.25) is 9.59 Å². The molecule has 0 saturated carbocycles. The minimum absolute atomic E-state index is 0.0580. The lowest BCUT2D eigenvalue weighted by molar-refractivity contribution is -0.143. The third-order valence-corrected chi connectivity index (χ3v) is 7.34. The topological polar surface area (TPSA) is 95.9 Å². The molecule has 3 atom stereocenters. The molecule has 4 rings (SSSR count). The van der Waals surface area contributed by atoms with E-state index in [1.54, 1.807) is 4.90 Å².